The number of rotatable bonds is 8. The number of ether oxygens (including phenoxy) is 1. The van der Waals surface area contributed by atoms with Crippen LogP contribution < -0.4 is 20.3 Å². The summed E-state index contributed by atoms with van der Waals surface area (Å²) in [4.78, 5) is 35.5. The molecular formula is C31H31N9O2. The molecule has 1 aliphatic heterocycles. The smallest absolute Gasteiger partial charge is 0.247 e. The number of amides is 1. The number of fused-ring (bicyclic) bond motifs is 1. The van der Waals surface area contributed by atoms with Crippen molar-refractivity contribution >= 4 is 40.1 Å². The fraction of sp³-hybridized carbons (Fsp3) is 0.194. The minimum Gasteiger partial charge on any atom is -0.494 e. The summed E-state index contributed by atoms with van der Waals surface area (Å²) in [6.45, 7) is 7.54. The molecule has 0 aliphatic carbocycles. The van der Waals surface area contributed by atoms with E-state index in [0.717, 1.165) is 43.1 Å². The van der Waals surface area contributed by atoms with Crippen molar-refractivity contribution in [3.05, 3.63) is 85.8 Å². The van der Waals surface area contributed by atoms with Gasteiger partial charge in [0.25, 0.3) is 0 Å². The molecule has 0 atom stereocenters. The number of anilines is 4. The Labute approximate surface area is 243 Å². The van der Waals surface area contributed by atoms with Gasteiger partial charge in [0.2, 0.25) is 11.9 Å². The monoisotopic (exact) mass is 561 g/mol. The number of imidazole rings is 1. The highest BCUT2D eigenvalue weighted by Gasteiger charge is 2.21. The minimum absolute atomic E-state index is 0.320. The first-order valence-electron chi connectivity index (χ1n) is 13.6. The number of hydrogen-bond acceptors (Lipinski definition) is 9. The Bertz CT molecular complexity index is 1740. The highest BCUT2D eigenvalue weighted by atomic mass is 16.5. The molecule has 2 aromatic carbocycles. The van der Waals surface area contributed by atoms with Crippen LogP contribution in [0.3, 0.4) is 0 Å². The molecule has 3 aromatic heterocycles. The zero-order chi connectivity index (χ0) is 29.1. The van der Waals surface area contributed by atoms with Gasteiger partial charge in [0.05, 0.1) is 30.4 Å². The van der Waals surface area contributed by atoms with Crippen LogP contribution in [-0.4, -0.2) is 75.6 Å². The highest BCUT2D eigenvalue weighted by molar-refractivity contribution is 6.00. The second-order valence-corrected chi connectivity index (χ2v) is 9.93. The van der Waals surface area contributed by atoms with Crippen LogP contribution in [0.4, 0.5) is 23.0 Å². The largest absolute Gasteiger partial charge is 0.494 e. The van der Waals surface area contributed by atoms with Gasteiger partial charge in [-0.05, 0) is 49.5 Å². The summed E-state index contributed by atoms with van der Waals surface area (Å²) < 4.78 is 7.64. The van der Waals surface area contributed by atoms with Crippen molar-refractivity contribution in [3.63, 3.8) is 0 Å². The minimum atomic E-state index is -0.320. The maximum Gasteiger partial charge on any atom is 0.247 e. The van der Waals surface area contributed by atoms with Crippen LogP contribution in [0.25, 0.3) is 28.2 Å². The van der Waals surface area contributed by atoms with E-state index in [1.54, 1.807) is 25.7 Å². The van der Waals surface area contributed by atoms with Crippen molar-refractivity contribution in [1.29, 1.82) is 0 Å². The summed E-state index contributed by atoms with van der Waals surface area (Å²) in [7, 11) is 3.80. The molecule has 0 unspecified atom stereocenters. The number of aromatic nitrogens is 5. The SMILES string of the molecule is C=CC(=O)Nc1ccccc1-n1c(-c2cccnc2)nc2cnc(Nc3ccc(N4CCN(C)CC4)cc3OC)nc21. The number of benzene rings is 2. The van der Waals surface area contributed by atoms with Gasteiger partial charge in [0.15, 0.2) is 5.65 Å². The number of likely N-dealkylation sites (N-methyl/N-ethyl adjacent to an activating group) is 1. The molecule has 0 radical (unpaired) electrons. The first-order chi connectivity index (χ1) is 20.5. The third kappa shape index (κ3) is 5.37. The number of nitrogens with one attached hydrogen (secondary N) is 2. The van der Waals surface area contributed by atoms with E-state index < -0.39 is 0 Å². The fourth-order valence-electron chi connectivity index (χ4n) is 4.97. The molecule has 1 fully saturated rings. The Balaban J connectivity index is 1.42. The lowest BCUT2D eigenvalue weighted by Gasteiger charge is -2.34. The van der Waals surface area contributed by atoms with Crippen molar-refractivity contribution in [2.45, 2.75) is 0 Å². The zero-order valence-electron chi connectivity index (χ0n) is 23.5. The third-order valence-electron chi connectivity index (χ3n) is 7.21. The molecule has 1 amide bonds. The molecule has 11 heteroatoms. The van der Waals surface area contributed by atoms with E-state index in [1.165, 1.54) is 6.08 Å². The fourth-order valence-corrected chi connectivity index (χ4v) is 4.97. The second kappa shape index (κ2) is 11.7. The average Bonchev–Trinajstić information content (AvgIpc) is 3.41. The number of carbonyl (C=O) groups is 1. The van der Waals surface area contributed by atoms with Crippen LogP contribution >= 0.6 is 0 Å². The van der Waals surface area contributed by atoms with E-state index in [4.69, 9.17) is 14.7 Å². The van der Waals surface area contributed by atoms with Gasteiger partial charge in [-0.15, -0.1) is 0 Å². The number of hydrogen-bond donors (Lipinski definition) is 2. The molecule has 11 nitrogen and oxygen atoms in total. The average molecular weight is 562 g/mol. The lowest BCUT2D eigenvalue weighted by atomic mass is 10.2. The summed E-state index contributed by atoms with van der Waals surface area (Å²) in [6, 6.07) is 17.3. The molecule has 42 heavy (non-hydrogen) atoms. The van der Waals surface area contributed by atoms with Crippen molar-refractivity contribution in [1.82, 2.24) is 29.4 Å². The Kier molecular flexibility index (Phi) is 7.48. The molecule has 6 rings (SSSR count). The van der Waals surface area contributed by atoms with Crippen LogP contribution in [0.1, 0.15) is 0 Å². The van der Waals surface area contributed by atoms with Crippen molar-refractivity contribution in [2.75, 3.05) is 55.9 Å². The first kappa shape index (κ1) is 26.9. The van der Waals surface area contributed by atoms with Gasteiger partial charge >= 0.3 is 0 Å². The number of pyridine rings is 1. The van der Waals surface area contributed by atoms with Crippen LogP contribution in [0.15, 0.2) is 85.8 Å². The summed E-state index contributed by atoms with van der Waals surface area (Å²) in [5, 5.41) is 6.22. The van der Waals surface area contributed by atoms with Gasteiger partial charge in [-0.1, -0.05) is 18.7 Å². The number of nitrogens with zero attached hydrogens (tertiary/aromatic N) is 7. The van der Waals surface area contributed by atoms with Gasteiger partial charge in [-0.25, -0.2) is 9.97 Å². The third-order valence-corrected chi connectivity index (χ3v) is 7.21. The van der Waals surface area contributed by atoms with Crippen LogP contribution in [0.5, 0.6) is 5.75 Å². The standard InChI is InChI=1S/C31H31N9O2/c1-4-28(41)34-23-9-5-6-10-26(23)40-29(21-8-7-13-32-19-21)35-25-20-33-31(37-30(25)40)36-24-12-11-22(18-27(24)42-3)39-16-14-38(2)15-17-39/h4-13,18-20H,1,14-17H2,2-3H3,(H,34,41)(H,33,36,37). The molecule has 0 bridgehead atoms. The number of carbonyl (C=O) groups excluding carboxylic acids is 1. The summed E-state index contributed by atoms with van der Waals surface area (Å²) >= 11 is 0. The van der Waals surface area contributed by atoms with Crippen molar-refractivity contribution in [3.8, 4) is 22.8 Å². The Morgan fingerprint density at radius 2 is 1.83 bits per heavy atom. The van der Waals surface area contributed by atoms with E-state index in [9.17, 15) is 4.79 Å². The van der Waals surface area contributed by atoms with Crippen LogP contribution in [-0.2, 0) is 4.79 Å². The summed E-state index contributed by atoms with van der Waals surface area (Å²) in [6.07, 6.45) is 6.36. The Morgan fingerprint density at radius 3 is 2.60 bits per heavy atom. The normalized spacial score (nSPS) is 13.6. The molecule has 2 N–H and O–H groups in total. The van der Waals surface area contributed by atoms with Crippen molar-refractivity contribution < 1.29 is 9.53 Å². The Morgan fingerprint density at radius 1 is 1.00 bits per heavy atom. The van der Waals surface area contributed by atoms with E-state index in [1.807, 2.05) is 53.1 Å². The summed E-state index contributed by atoms with van der Waals surface area (Å²) in [5.74, 6) is 1.36. The lowest BCUT2D eigenvalue weighted by molar-refractivity contribution is -0.111. The number of methoxy groups -OCH3 is 1. The maximum absolute atomic E-state index is 12.3. The van der Waals surface area contributed by atoms with Gasteiger partial charge in [0, 0.05) is 55.9 Å². The van der Waals surface area contributed by atoms with Gasteiger partial charge in [-0.2, -0.15) is 4.98 Å². The van der Waals surface area contributed by atoms with Gasteiger partial charge < -0.3 is 25.2 Å². The lowest BCUT2D eigenvalue weighted by Crippen LogP contribution is -2.44. The number of piperazine rings is 1. The topological polar surface area (TPSA) is 113 Å². The van der Waals surface area contributed by atoms with Crippen LogP contribution in [0, 0.1) is 0 Å². The predicted molar refractivity (Wildman–Crippen MR) is 165 cm³/mol. The maximum atomic E-state index is 12.3. The van der Waals surface area contributed by atoms with E-state index in [0.29, 0.717) is 40.1 Å². The summed E-state index contributed by atoms with van der Waals surface area (Å²) in [5.41, 5.74) is 5.05. The van der Waals surface area contributed by atoms with Gasteiger partial charge in [-0.3, -0.25) is 14.3 Å². The molecule has 212 valence electrons. The van der Waals surface area contributed by atoms with E-state index in [-0.39, 0.29) is 5.91 Å². The molecule has 4 heterocycles. The predicted octanol–water partition coefficient (Wildman–Crippen LogP) is 4.51. The van der Waals surface area contributed by atoms with Gasteiger partial charge in [0.1, 0.15) is 17.1 Å². The van der Waals surface area contributed by atoms with Crippen LogP contribution in [0.2, 0.25) is 0 Å². The number of para-hydroxylation sites is 2. The highest BCUT2D eigenvalue weighted by Crippen LogP contribution is 2.34. The molecule has 0 saturated carbocycles. The Hall–Kier alpha value is -5.29. The molecule has 0 spiro atoms. The first-order valence-corrected chi connectivity index (χ1v) is 13.6. The van der Waals surface area contributed by atoms with E-state index >= 15 is 0 Å². The molecule has 1 aliphatic rings. The molecule has 5 aromatic rings. The second-order valence-electron chi connectivity index (χ2n) is 9.93. The molecular weight excluding hydrogens is 530 g/mol. The quantitative estimate of drug-likeness (QED) is 0.264. The van der Waals surface area contributed by atoms with E-state index in [2.05, 4.69) is 50.1 Å². The van der Waals surface area contributed by atoms with Crippen molar-refractivity contribution in [2.24, 2.45) is 0 Å². The zero-order valence-corrected chi connectivity index (χ0v) is 23.5. The molecule has 1 saturated heterocycles.